The molecule has 3 rings (SSSR count). The first-order chi connectivity index (χ1) is 11.4. The van der Waals surface area contributed by atoms with Crippen molar-refractivity contribution >= 4 is 31.1 Å². The van der Waals surface area contributed by atoms with Gasteiger partial charge in [-0.05, 0) is 23.8 Å². The largest absolute Gasteiger partial charge is 1.00 e. The fraction of sp³-hybridized carbons (Fsp3) is 0. The molecule has 0 aliphatic heterocycles. The van der Waals surface area contributed by atoms with Crippen molar-refractivity contribution < 1.29 is 39.1 Å². The van der Waals surface area contributed by atoms with Gasteiger partial charge in [-0.3, -0.25) is 0 Å². The smallest absolute Gasteiger partial charge is 0.418 e. The molecule has 0 atom stereocenters. The number of hydrogen-bond donors (Lipinski definition) is 0. The molecule has 7 heteroatoms. The summed E-state index contributed by atoms with van der Waals surface area (Å²) in [5, 5.41) is 4.19. The quantitative estimate of drug-likeness (QED) is 0.300. The summed E-state index contributed by atoms with van der Waals surface area (Å²) in [4.78, 5) is 0. The molecule has 0 nitrogen and oxygen atoms in total. The minimum atomic E-state index is -6.00. The zero-order valence-electron chi connectivity index (χ0n) is 14.0. The molecule has 25 heavy (non-hydrogen) atoms. The second-order valence-corrected chi connectivity index (χ2v) is 7.06. The summed E-state index contributed by atoms with van der Waals surface area (Å²) in [6.07, 6.45) is 0. The van der Waals surface area contributed by atoms with Gasteiger partial charge in [-0.1, -0.05) is 91.0 Å². The summed E-state index contributed by atoms with van der Waals surface area (Å²) in [5.41, 5.74) is 0. The van der Waals surface area contributed by atoms with Crippen molar-refractivity contribution in [3.63, 3.8) is 0 Å². The van der Waals surface area contributed by atoms with Crippen LogP contribution in [-0.2, 0) is 20.4 Å². The van der Waals surface area contributed by atoms with Gasteiger partial charge in [-0.15, -0.1) is 0 Å². The molecule has 0 radical (unpaired) electrons. The number of hydrogen-bond acceptors (Lipinski definition) is 0. The number of rotatable bonds is 3. The van der Waals surface area contributed by atoms with Crippen molar-refractivity contribution in [2.45, 2.75) is 0 Å². The van der Waals surface area contributed by atoms with Crippen LogP contribution >= 0.6 is 7.92 Å². The van der Waals surface area contributed by atoms with E-state index in [4.69, 9.17) is 0 Å². The van der Waals surface area contributed by atoms with Gasteiger partial charge >= 0.3 is 8.68 Å². The monoisotopic (exact) mass is 456 g/mol. The molecule has 3 aromatic carbocycles. The van der Waals surface area contributed by atoms with Gasteiger partial charge in [0.2, 0.25) is 0 Å². The van der Waals surface area contributed by atoms with E-state index in [2.05, 4.69) is 91.0 Å². The standard InChI is InChI=1S/C18H15P.BF4.Pd/c1-4-10-16(11-5-1)19(17-12-6-2-7-13-17)18-14-8-3-9-15-18;2-1(3,4)5;/h1-15H;;/q;-1;/p+1. The zero-order chi connectivity index (χ0) is 17.4. The van der Waals surface area contributed by atoms with E-state index in [1.54, 1.807) is 0 Å². The van der Waals surface area contributed by atoms with Crippen LogP contribution in [-0.4, -0.2) is 7.25 Å². The fourth-order valence-electron chi connectivity index (χ4n) is 2.18. The van der Waals surface area contributed by atoms with Crippen LogP contribution in [0.4, 0.5) is 17.3 Å². The minimum Gasteiger partial charge on any atom is -0.418 e. The third-order valence-electron chi connectivity index (χ3n) is 3.04. The number of benzene rings is 3. The van der Waals surface area contributed by atoms with Gasteiger partial charge in [-0.25, -0.2) is 0 Å². The van der Waals surface area contributed by atoms with Crippen molar-refractivity contribution in [3.05, 3.63) is 91.0 Å². The van der Waals surface area contributed by atoms with Crippen LogP contribution < -0.4 is 15.9 Å². The number of halogens is 4. The minimum absolute atomic E-state index is 0. The van der Waals surface area contributed by atoms with Crippen LogP contribution in [0.1, 0.15) is 1.43 Å². The maximum atomic E-state index is 9.75. The van der Waals surface area contributed by atoms with E-state index >= 15 is 0 Å². The molecule has 0 unspecified atom stereocenters. The Morgan fingerprint density at radius 1 is 0.520 bits per heavy atom. The molecule has 134 valence electrons. The molecule has 0 aromatic heterocycles. The van der Waals surface area contributed by atoms with Gasteiger partial charge < -0.3 is 17.3 Å². The van der Waals surface area contributed by atoms with Crippen molar-refractivity contribution in [3.8, 4) is 0 Å². The first kappa shape index (κ1) is 21.6. The molecule has 0 saturated heterocycles. The van der Waals surface area contributed by atoms with Gasteiger partial charge in [0.05, 0.1) is 0 Å². The summed E-state index contributed by atoms with van der Waals surface area (Å²) in [7, 11) is -6.45. The van der Waals surface area contributed by atoms with E-state index in [0.717, 1.165) is 0 Å². The molecule has 0 heterocycles. The molecule has 0 spiro atoms. The van der Waals surface area contributed by atoms with Gasteiger partial charge in [0, 0.05) is 20.4 Å². The Kier molecular flexibility index (Phi) is 9.07. The van der Waals surface area contributed by atoms with E-state index in [0.29, 0.717) is 0 Å². The maximum Gasteiger partial charge on any atom is 1.00 e. The van der Waals surface area contributed by atoms with Crippen LogP contribution in [0.2, 0.25) is 0 Å². The third kappa shape index (κ3) is 7.97. The summed E-state index contributed by atoms with van der Waals surface area (Å²) in [6.45, 7) is 0. The molecular formula is C18H16BF4PPd. The first-order valence-electron chi connectivity index (χ1n) is 7.28. The normalized spacial score (nSPS) is 10.4. The van der Waals surface area contributed by atoms with Gasteiger partial charge in [0.15, 0.2) is 0 Å². The van der Waals surface area contributed by atoms with Crippen LogP contribution in [0, 0.1) is 0 Å². The van der Waals surface area contributed by atoms with Crippen molar-refractivity contribution in [1.29, 1.82) is 0 Å². The second-order valence-electron chi connectivity index (χ2n) is 4.84. The zero-order valence-corrected chi connectivity index (χ0v) is 15.5. The molecule has 0 bridgehead atoms. The van der Waals surface area contributed by atoms with Crippen LogP contribution in [0.5, 0.6) is 0 Å². The van der Waals surface area contributed by atoms with E-state index in [1.165, 1.54) is 15.9 Å². The Balaban J connectivity index is 0.000000798. The van der Waals surface area contributed by atoms with Crippen LogP contribution in [0.15, 0.2) is 91.0 Å². The Labute approximate surface area is 161 Å². The summed E-state index contributed by atoms with van der Waals surface area (Å²) < 4.78 is 39.0. The topological polar surface area (TPSA) is 0 Å². The third-order valence-corrected chi connectivity index (χ3v) is 5.49. The SMILES string of the molecule is F[B-](F)(F)F.[H+].[Pd].c1ccc(P(c2ccccc2)c2ccccc2)cc1. The predicted octanol–water partition coefficient (Wildman–Crippen LogP) is 4.85. The molecule has 0 aliphatic carbocycles. The fourth-order valence-corrected chi connectivity index (χ4v) is 4.48. The molecule has 0 amide bonds. The molecule has 0 N–H and O–H groups in total. The summed E-state index contributed by atoms with van der Waals surface area (Å²) in [6, 6.07) is 32.3. The van der Waals surface area contributed by atoms with Crippen molar-refractivity contribution in [2.75, 3.05) is 0 Å². The van der Waals surface area contributed by atoms with Gasteiger partial charge in [-0.2, -0.15) is 0 Å². The summed E-state index contributed by atoms with van der Waals surface area (Å²) in [5.74, 6) is 0. The Bertz CT molecular complexity index is 631. The van der Waals surface area contributed by atoms with Gasteiger partial charge in [0.25, 0.3) is 0 Å². The predicted molar refractivity (Wildman–Crippen MR) is 96.4 cm³/mol. The Morgan fingerprint density at radius 2 is 0.720 bits per heavy atom. The second kappa shape index (κ2) is 10.5. The van der Waals surface area contributed by atoms with Gasteiger partial charge in [0.1, 0.15) is 0 Å². The molecule has 0 saturated carbocycles. The van der Waals surface area contributed by atoms with E-state index in [1.807, 2.05) is 0 Å². The Hall–Kier alpha value is -1.46. The van der Waals surface area contributed by atoms with Crippen LogP contribution in [0.3, 0.4) is 0 Å². The van der Waals surface area contributed by atoms with Crippen LogP contribution in [0.25, 0.3) is 0 Å². The molecule has 0 aliphatic rings. The van der Waals surface area contributed by atoms with E-state index in [-0.39, 0.29) is 21.8 Å². The maximum absolute atomic E-state index is 9.75. The average molecular weight is 457 g/mol. The summed E-state index contributed by atoms with van der Waals surface area (Å²) >= 11 is 0. The van der Waals surface area contributed by atoms with E-state index < -0.39 is 15.2 Å². The van der Waals surface area contributed by atoms with E-state index in [9.17, 15) is 17.3 Å². The Morgan fingerprint density at radius 3 is 0.920 bits per heavy atom. The molecular weight excluding hydrogens is 440 g/mol. The first-order valence-corrected chi connectivity index (χ1v) is 8.62. The van der Waals surface area contributed by atoms with Crippen molar-refractivity contribution in [2.24, 2.45) is 0 Å². The molecule has 0 fully saturated rings. The van der Waals surface area contributed by atoms with Crippen molar-refractivity contribution in [1.82, 2.24) is 0 Å². The average Bonchev–Trinajstić information content (AvgIpc) is 2.57. The molecule has 3 aromatic rings.